The molecule has 2 rings (SSSR count). The number of benzene rings is 2. The lowest BCUT2D eigenvalue weighted by molar-refractivity contribution is -0.126. The molecule has 2 aromatic rings. The van der Waals surface area contributed by atoms with Gasteiger partial charge >= 0.3 is 0 Å². The standard InChI is InChI=1S/C22H22ClN3O4/c1-4-10-30-22-17(23)11-16(12-19(22)29-5-2)14-24-26-21(28)13-20(27)25-18-9-7-6-8-15(18)3/h1,6-9,11-12,14H,5,10,13H2,2-3H3,(H,25,27)(H,26,28). The summed E-state index contributed by atoms with van der Waals surface area (Å²) in [6.45, 7) is 4.14. The molecule has 0 spiro atoms. The number of carbonyl (C=O) groups is 2. The molecule has 0 saturated carbocycles. The number of aryl methyl sites for hydroxylation is 1. The van der Waals surface area contributed by atoms with E-state index in [0.29, 0.717) is 34.4 Å². The summed E-state index contributed by atoms with van der Waals surface area (Å²) >= 11 is 6.23. The minimum Gasteiger partial charge on any atom is -0.490 e. The van der Waals surface area contributed by atoms with Gasteiger partial charge in [0.15, 0.2) is 11.5 Å². The summed E-state index contributed by atoms with van der Waals surface area (Å²) in [4.78, 5) is 24.0. The average Bonchev–Trinajstić information content (AvgIpc) is 2.69. The Labute approximate surface area is 180 Å². The molecule has 156 valence electrons. The number of nitrogens with one attached hydrogen (secondary N) is 2. The van der Waals surface area contributed by atoms with Gasteiger partial charge in [-0.15, -0.1) is 6.42 Å². The Balaban J connectivity index is 1.97. The Hall–Kier alpha value is -3.50. The predicted octanol–water partition coefficient (Wildman–Crippen LogP) is 3.54. The number of amides is 2. The Kier molecular flexibility index (Phi) is 8.73. The predicted molar refractivity (Wildman–Crippen MR) is 117 cm³/mol. The first-order valence-corrected chi connectivity index (χ1v) is 9.52. The molecule has 0 fully saturated rings. The molecule has 0 unspecified atom stereocenters. The highest BCUT2D eigenvalue weighted by atomic mass is 35.5. The minimum absolute atomic E-state index is 0.0495. The van der Waals surface area contributed by atoms with Gasteiger partial charge in [-0.2, -0.15) is 5.10 Å². The molecular weight excluding hydrogens is 406 g/mol. The average molecular weight is 428 g/mol. The van der Waals surface area contributed by atoms with E-state index >= 15 is 0 Å². The number of hydrogen-bond donors (Lipinski definition) is 2. The van der Waals surface area contributed by atoms with Crippen molar-refractivity contribution in [3.05, 3.63) is 52.5 Å². The van der Waals surface area contributed by atoms with Crippen molar-refractivity contribution in [1.82, 2.24) is 5.43 Å². The first kappa shape index (κ1) is 22.8. The third kappa shape index (κ3) is 6.83. The third-order valence-corrected chi connectivity index (χ3v) is 4.06. The van der Waals surface area contributed by atoms with Crippen LogP contribution in [-0.4, -0.2) is 31.2 Å². The lowest BCUT2D eigenvalue weighted by Gasteiger charge is -2.12. The van der Waals surface area contributed by atoms with Gasteiger partial charge in [-0.1, -0.05) is 35.7 Å². The zero-order valence-electron chi connectivity index (χ0n) is 16.7. The van der Waals surface area contributed by atoms with Crippen molar-refractivity contribution in [2.45, 2.75) is 20.3 Å². The molecule has 8 heteroatoms. The normalized spacial score (nSPS) is 10.3. The summed E-state index contributed by atoms with van der Waals surface area (Å²) in [5.41, 5.74) is 4.44. The lowest BCUT2D eigenvalue weighted by Crippen LogP contribution is -2.24. The highest BCUT2D eigenvalue weighted by Crippen LogP contribution is 2.36. The van der Waals surface area contributed by atoms with Crippen molar-refractivity contribution < 1.29 is 19.1 Å². The maximum absolute atomic E-state index is 12.0. The largest absolute Gasteiger partial charge is 0.490 e. The maximum Gasteiger partial charge on any atom is 0.249 e. The lowest BCUT2D eigenvalue weighted by atomic mass is 10.2. The molecule has 0 aliphatic rings. The van der Waals surface area contributed by atoms with E-state index in [-0.39, 0.29) is 13.0 Å². The van der Waals surface area contributed by atoms with E-state index in [9.17, 15) is 9.59 Å². The Morgan fingerprint density at radius 3 is 2.70 bits per heavy atom. The number of terminal acetylenes is 1. The van der Waals surface area contributed by atoms with Gasteiger partial charge in [0.25, 0.3) is 0 Å². The summed E-state index contributed by atoms with van der Waals surface area (Å²) in [5.74, 6) is 2.12. The van der Waals surface area contributed by atoms with Crippen molar-refractivity contribution in [1.29, 1.82) is 0 Å². The number of para-hydroxylation sites is 1. The first-order valence-electron chi connectivity index (χ1n) is 9.14. The van der Waals surface area contributed by atoms with Crippen molar-refractivity contribution in [3.8, 4) is 23.8 Å². The van der Waals surface area contributed by atoms with Gasteiger partial charge in [-0.25, -0.2) is 5.43 Å². The van der Waals surface area contributed by atoms with Gasteiger partial charge in [-0.05, 0) is 43.2 Å². The SMILES string of the molecule is C#CCOc1c(Cl)cc(C=NNC(=O)CC(=O)Nc2ccccc2C)cc1OCC. The molecular formula is C22H22ClN3O4. The van der Waals surface area contributed by atoms with Crippen LogP contribution >= 0.6 is 11.6 Å². The smallest absolute Gasteiger partial charge is 0.249 e. The third-order valence-electron chi connectivity index (χ3n) is 3.77. The van der Waals surface area contributed by atoms with Crippen molar-refractivity contribution in [2.24, 2.45) is 5.10 Å². The second-order valence-electron chi connectivity index (χ2n) is 6.09. The summed E-state index contributed by atoms with van der Waals surface area (Å²) in [7, 11) is 0. The zero-order chi connectivity index (χ0) is 21.9. The van der Waals surface area contributed by atoms with Crippen molar-refractivity contribution in [2.75, 3.05) is 18.5 Å². The van der Waals surface area contributed by atoms with Gasteiger partial charge in [-0.3, -0.25) is 9.59 Å². The van der Waals surface area contributed by atoms with Crippen LogP contribution in [-0.2, 0) is 9.59 Å². The van der Waals surface area contributed by atoms with E-state index in [2.05, 4.69) is 21.8 Å². The van der Waals surface area contributed by atoms with Crippen LogP contribution in [0.15, 0.2) is 41.5 Å². The van der Waals surface area contributed by atoms with Gasteiger partial charge < -0.3 is 14.8 Å². The molecule has 0 heterocycles. The molecule has 2 amide bonds. The number of carbonyl (C=O) groups excluding carboxylic acids is 2. The van der Waals surface area contributed by atoms with Crippen LogP contribution in [0.4, 0.5) is 5.69 Å². The Morgan fingerprint density at radius 2 is 2.00 bits per heavy atom. The number of halogens is 1. The number of hydrogen-bond acceptors (Lipinski definition) is 5. The highest BCUT2D eigenvalue weighted by molar-refractivity contribution is 6.32. The number of ether oxygens (including phenoxy) is 2. The number of nitrogens with zero attached hydrogens (tertiary/aromatic N) is 1. The number of rotatable bonds is 9. The van der Waals surface area contributed by atoms with Crippen LogP contribution in [0.5, 0.6) is 11.5 Å². The fraction of sp³-hybridized carbons (Fsp3) is 0.227. The Morgan fingerprint density at radius 1 is 1.23 bits per heavy atom. The molecule has 0 aromatic heterocycles. The van der Waals surface area contributed by atoms with Gasteiger partial charge in [0.05, 0.1) is 17.8 Å². The minimum atomic E-state index is -0.553. The molecule has 0 aliphatic carbocycles. The van der Waals surface area contributed by atoms with E-state index in [1.54, 1.807) is 24.3 Å². The maximum atomic E-state index is 12.0. The molecule has 0 saturated heterocycles. The van der Waals surface area contributed by atoms with Crippen LogP contribution in [0.25, 0.3) is 0 Å². The molecule has 0 atom stereocenters. The van der Waals surface area contributed by atoms with Crippen LogP contribution in [0.2, 0.25) is 5.02 Å². The van der Waals surface area contributed by atoms with Crippen LogP contribution in [0, 0.1) is 19.3 Å². The molecule has 0 radical (unpaired) electrons. The topological polar surface area (TPSA) is 89.0 Å². The quantitative estimate of drug-likeness (QED) is 0.277. The van der Waals surface area contributed by atoms with Gasteiger partial charge in [0, 0.05) is 5.69 Å². The molecule has 7 nitrogen and oxygen atoms in total. The van der Waals surface area contributed by atoms with Crippen LogP contribution in [0.1, 0.15) is 24.5 Å². The number of hydrazone groups is 1. The fourth-order valence-corrected chi connectivity index (χ4v) is 2.72. The van der Waals surface area contributed by atoms with E-state index in [1.165, 1.54) is 6.21 Å². The van der Waals surface area contributed by atoms with Crippen molar-refractivity contribution in [3.63, 3.8) is 0 Å². The van der Waals surface area contributed by atoms with Gasteiger partial charge in [0.1, 0.15) is 13.0 Å². The second-order valence-corrected chi connectivity index (χ2v) is 6.50. The molecule has 2 N–H and O–H groups in total. The number of anilines is 1. The van der Waals surface area contributed by atoms with E-state index < -0.39 is 11.8 Å². The van der Waals surface area contributed by atoms with Crippen LogP contribution < -0.4 is 20.2 Å². The monoisotopic (exact) mass is 427 g/mol. The van der Waals surface area contributed by atoms with E-state index in [4.69, 9.17) is 27.5 Å². The van der Waals surface area contributed by atoms with Gasteiger partial charge in [0.2, 0.25) is 11.8 Å². The fourth-order valence-electron chi connectivity index (χ4n) is 2.45. The summed E-state index contributed by atoms with van der Waals surface area (Å²) in [5, 5.41) is 6.84. The second kappa shape index (κ2) is 11.5. The Bertz CT molecular complexity index is 983. The summed E-state index contributed by atoms with van der Waals surface area (Å²) in [6, 6.07) is 10.5. The highest BCUT2D eigenvalue weighted by Gasteiger charge is 2.13. The van der Waals surface area contributed by atoms with Crippen LogP contribution in [0.3, 0.4) is 0 Å². The van der Waals surface area contributed by atoms with E-state index in [1.807, 2.05) is 26.0 Å². The zero-order valence-corrected chi connectivity index (χ0v) is 17.5. The van der Waals surface area contributed by atoms with E-state index in [0.717, 1.165) is 5.56 Å². The summed E-state index contributed by atoms with van der Waals surface area (Å²) < 4.78 is 10.9. The molecule has 2 aromatic carbocycles. The first-order chi connectivity index (χ1) is 14.4. The summed E-state index contributed by atoms with van der Waals surface area (Å²) in [6.07, 6.45) is 6.23. The molecule has 0 aliphatic heterocycles. The molecule has 0 bridgehead atoms. The molecule has 30 heavy (non-hydrogen) atoms. The van der Waals surface area contributed by atoms with Crippen molar-refractivity contribution >= 4 is 35.3 Å².